The van der Waals surface area contributed by atoms with Crippen molar-refractivity contribution < 1.29 is 4.79 Å². The molecule has 2 N–H and O–H groups in total. The fourth-order valence-corrected chi connectivity index (χ4v) is 3.45. The van der Waals surface area contributed by atoms with Crippen molar-refractivity contribution in [2.24, 2.45) is 0 Å². The maximum absolute atomic E-state index is 12.4. The molecule has 0 bridgehead atoms. The van der Waals surface area contributed by atoms with E-state index < -0.39 is 0 Å². The lowest BCUT2D eigenvalue weighted by molar-refractivity contribution is -0.117. The highest BCUT2D eigenvalue weighted by molar-refractivity contribution is 5.96. The Morgan fingerprint density at radius 3 is 2.92 bits per heavy atom. The highest BCUT2D eigenvalue weighted by atomic mass is 16.2. The van der Waals surface area contributed by atoms with Crippen molar-refractivity contribution in [1.29, 1.82) is 0 Å². The number of aromatic amines is 1. The number of amides is 1. The van der Waals surface area contributed by atoms with Crippen LogP contribution in [-0.2, 0) is 17.6 Å². The van der Waals surface area contributed by atoms with E-state index in [9.17, 15) is 4.79 Å². The number of benzene rings is 2. The molecule has 3 aromatic rings. The minimum atomic E-state index is 0.152. The molecule has 1 aliphatic heterocycles. The van der Waals surface area contributed by atoms with E-state index in [1.54, 1.807) is 0 Å². The molecule has 2 heterocycles. The second-order valence-electron chi connectivity index (χ2n) is 6.21. The number of carbonyl (C=O) groups excluding carboxylic acids is 1. The summed E-state index contributed by atoms with van der Waals surface area (Å²) in [4.78, 5) is 17.6. The number of rotatable bonds is 5. The average Bonchev–Trinajstić information content (AvgIpc) is 3.23. The Kier molecular flexibility index (Phi) is 4.05. The molecule has 1 amide bonds. The fraction of sp³-hybridized carbons (Fsp3) is 0.250. The monoisotopic (exact) mass is 319 g/mol. The second kappa shape index (κ2) is 6.49. The van der Waals surface area contributed by atoms with Crippen LogP contribution in [-0.4, -0.2) is 30.5 Å². The highest BCUT2D eigenvalue weighted by Crippen LogP contribution is 2.27. The molecule has 0 fully saturated rings. The van der Waals surface area contributed by atoms with Gasteiger partial charge in [0.2, 0.25) is 5.91 Å². The topological polar surface area (TPSA) is 48.1 Å². The van der Waals surface area contributed by atoms with Crippen molar-refractivity contribution in [3.8, 4) is 0 Å². The van der Waals surface area contributed by atoms with Crippen LogP contribution in [0.25, 0.3) is 10.9 Å². The molecule has 4 rings (SSSR count). The molecule has 0 spiro atoms. The number of fused-ring (bicyclic) bond motifs is 2. The lowest BCUT2D eigenvalue weighted by Crippen LogP contribution is -2.37. The molecule has 2 aromatic carbocycles. The number of aromatic nitrogens is 1. The molecule has 0 saturated heterocycles. The number of nitrogens with one attached hydrogen (secondary N) is 2. The molecule has 1 aliphatic rings. The third-order valence-electron chi connectivity index (χ3n) is 4.71. The Morgan fingerprint density at radius 1 is 1.12 bits per heavy atom. The highest BCUT2D eigenvalue weighted by Gasteiger charge is 2.23. The van der Waals surface area contributed by atoms with E-state index in [4.69, 9.17) is 0 Å². The van der Waals surface area contributed by atoms with Crippen LogP contribution in [0.1, 0.15) is 11.1 Å². The molecular formula is C20H21N3O. The zero-order valence-corrected chi connectivity index (χ0v) is 13.6. The molecule has 0 radical (unpaired) electrons. The summed E-state index contributed by atoms with van der Waals surface area (Å²) in [5, 5.41) is 4.55. The quantitative estimate of drug-likeness (QED) is 0.711. The van der Waals surface area contributed by atoms with Crippen molar-refractivity contribution in [3.05, 3.63) is 65.9 Å². The SMILES string of the molecule is O=C(CNCCc1c[nH]c2ccccc12)N1CCc2ccccc21. The van der Waals surface area contributed by atoms with E-state index in [-0.39, 0.29) is 5.91 Å². The van der Waals surface area contributed by atoms with Crippen molar-refractivity contribution in [1.82, 2.24) is 10.3 Å². The zero-order valence-electron chi connectivity index (χ0n) is 13.6. The van der Waals surface area contributed by atoms with E-state index in [0.717, 1.165) is 37.1 Å². The Morgan fingerprint density at radius 2 is 1.96 bits per heavy atom. The minimum Gasteiger partial charge on any atom is -0.361 e. The Balaban J connectivity index is 1.31. The molecule has 4 heteroatoms. The van der Waals surface area contributed by atoms with Crippen LogP contribution in [0.4, 0.5) is 5.69 Å². The van der Waals surface area contributed by atoms with E-state index in [1.807, 2.05) is 29.2 Å². The van der Waals surface area contributed by atoms with Gasteiger partial charge in [-0.2, -0.15) is 0 Å². The standard InChI is InChI=1S/C20H21N3O/c24-20(23-12-10-15-5-1-4-8-19(15)23)14-21-11-9-16-13-22-18-7-3-2-6-17(16)18/h1-8,13,21-22H,9-12,14H2. The number of nitrogens with zero attached hydrogens (tertiary/aromatic N) is 1. The van der Waals surface area contributed by atoms with Gasteiger partial charge in [0.25, 0.3) is 0 Å². The maximum atomic E-state index is 12.4. The van der Waals surface area contributed by atoms with Gasteiger partial charge in [0.05, 0.1) is 6.54 Å². The van der Waals surface area contributed by atoms with Crippen LogP contribution in [0, 0.1) is 0 Å². The molecular weight excluding hydrogens is 298 g/mol. The van der Waals surface area contributed by atoms with E-state index in [2.05, 4.69) is 40.8 Å². The van der Waals surface area contributed by atoms with Gasteiger partial charge in [0.15, 0.2) is 0 Å². The molecule has 4 nitrogen and oxygen atoms in total. The first-order chi connectivity index (χ1) is 11.8. The van der Waals surface area contributed by atoms with Crippen LogP contribution >= 0.6 is 0 Å². The van der Waals surface area contributed by atoms with Gasteiger partial charge in [-0.3, -0.25) is 4.79 Å². The van der Waals surface area contributed by atoms with Gasteiger partial charge < -0.3 is 15.2 Å². The normalized spacial score (nSPS) is 13.4. The number of anilines is 1. The summed E-state index contributed by atoms with van der Waals surface area (Å²) in [6.07, 6.45) is 3.93. The van der Waals surface area contributed by atoms with Crippen LogP contribution in [0.5, 0.6) is 0 Å². The van der Waals surface area contributed by atoms with Crippen molar-refractivity contribution in [2.75, 3.05) is 24.5 Å². The van der Waals surface area contributed by atoms with Gasteiger partial charge in [-0.25, -0.2) is 0 Å². The summed E-state index contributed by atoms with van der Waals surface area (Å²) in [5.41, 5.74) is 4.79. The lowest BCUT2D eigenvalue weighted by Gasteiger charge is -2.17. The molecule has 0 aliphatic carbocycles. The largest absolute Gasteiger partial charge is 0.361 e. The molecule has 122 valence electrons. The first-order valence-corrected chi connectivity index (χ1v) is 8.47. The summed E-state index contributed by atoms with van der Waals surface area (Å²) in [7, 11) is 0. The van der Waals surface area contributed by atoms with Crippen molar-refractivity contribution in [2.45, 2.75) is 12.8 Å². The summed E-state index contributed by atoms with van der Waals surface area (Å²) in [5.74, 6) is 0.152. The maximum Gasteiger partial charge on any atom is 0.240 e. The van der Waals surface area contributed by atoms with E-state index >= 15 is 0 Å². The summed E-state index contributed by atoms with van der Waals surface area (Å²) in [6.45, 7) is 1.97. The molecule has 0 unspecified atom stereocenters. The predicted octanol–water partition coefficient (Wildman–Crippen LogP) is 2.89. The van der Waals surface area contributed by atoms with Crippen molar-refractivity contribution >= 4 is 22.5 Å². The third-order valence-corrected chi connectivity index (χ3v) is 4.71. The van der Waals surface area contributed by atoms with Gasteiger partial charge in [-0.05, 0) is 42.6 Å². The number of H-pyrrole nitrogens is 1. The number of hydrogen-bond acceptors (Lipinski definition) is 2. The summed E-state index contributed by atoms with van der Waals surface area (Å²) >= 11 is 0. The van der Waals surface area contributed by atoms with Crippen LogP contribution in [0.15, 0.2) is 54.7 Å². The second-order valence-corrected chi connectivity index (χ2v) is 6.21. The van der Waals surface area contributed by atoms with Crippen LogP contribution in [0.2, 0.25) is 0 Å². The molecule has 24 heavy (non-hydrogen) atoms. The van der Waals surface area contributed by atoms with E-state index in [0.29, 0.717) is 6.54 Å². The average molecular weight is 319 g/mol. The van der Waals surface area contributed by atoms with Gasteiger partial charge in [0, 0.05) is 29.3 Å². The van der Waals surface area contributed by atoms with Gasteiger partial charge in [-0.1, -0.05) is 36.4 Å². The third kappa shape index (κ3) is 2.81. The molecule has 0 saturated carbocycles. The minimum absolute atomic E-state index is 0.152. The van der Waals surface area contributed by atoms with E-state index in [1.165, 1.54) is 16.5 Å². The number of para-hydroxylation sites is 2. The van der Waals surface area contributed by atoms with Crippen LogP contribution < -0.4 is 10.2 Å². The predicted molar refractivity (Wildman–Crippen MR) is 97.4 cm³/mol. The molecule has 0 atom stereocenters. The number of carbonyl (C=O) groups is 1. The Bertz CT molecular complexity index is 868. The smallest absolute Gasteiger partial charge is 0.240 e. The van der Waals surface area contributed by atoms with Gasteiger partial charge in [-0.15, -0.1) is 0 Å². The Labute approximate surface area is 141 Å². The van der Waals surface area contributed by atoms with Crippen molar-refractivity contribution in [3.63, 3.8) is 0 Å². The lowest BCUT2D eigenvalue weighted by atomic mass is 10.1. The van der Waals surface area contributed by atoms with Gasteiger partial charge >= 0.3 is 0 Å². The zero-order chi connectivity index (χ0) is 16.4. The summed E-state index contributed by atoms with van der Waals surface area (Å²) in [6, 6.07) is 16.5. The summed E-state index contributed by atoms with van der Waals surface area (Å²) < 4.78 is 0. The fourth-order valence-electron chi connectivity index (χ4n) is 3.45. The number of hydrogen-bond donors (Lipinski definition) is 2. The van der Waals surface area contributed by atoms with Crippen LogP contribution in [0.3, 0.4) is 0 Å². The Hall–Kier alpha value is -2.59. The first-order valence-electron chi connectivity index (χ1n) is 8.47. The van der Waals surface area contributed by atoms with Gasteiger partial charge in [0.1, 0.15) is 0 Å². The molecule has 1 aromatic heterocycles. The first kappa shape index (κ1) is 15.0.